The number of aryl methyl sites for hydroxylation is 1. The maximum absolute atomic E-state index is 13.3. The van der Waals surface area contributed by atoms with Gasteiger partial charge in [-0.2, -0.15) is 13.2 Å². The maximum atomic E-state index is 13.3. The summed E-state index contributed by atoms with van der Waals surface area (Å²) in [6.45, 7) is 4.95. The zero-order valence-corrected chi connectivity index (χ0v) is 14.8. The van der Waals surface area contributed by atoms with E-state index in [9.17, 15) is 13.2 Å². The minimum atomic E-state index is -4.38. The minimum Gasteiger partial charge on any atom is -0.374 e. The number of anilines is 3. The summed E-state index contributed by atoms with van der Waals surface area (Å²) in [6.07, 6.45) is -4.38. The Morgan fingerprint density at radius 3 is 2.69 bits per heavy atom. The molecule has 138 valence electrons. The summed E-state index contributed by atoms with van der Waals surface area (Å²) < 4.78 is 39.8. The highest BCUT2D eigenvalue weighted by Gasteiger charge is 2.37. The van der Waals surface area contributed by atoms with Crippen molar-refractivity contribution in [3.8, 4) is 0 Å². The Kier molecular flexibility index (Phi) is 4.10. The molecule has 2 atom stereocenters. The number of benzene rings is 2. The van der Waals surface area contributed by atoms with E-state index in [1.54, 1.807) is 6.07 Å². The van der Waals surface area contributed by atoms with Crippen LogP contribution in [0.1, 0.15) is 22.6 Å². The Hall–Kier alpha value is -2.21. The van der Waals surface area contributed by atoms with Crippen molar-refractivity contribution >= 4 is 17.1 Å². The zero-order chi connectivity index (χ0) is 18.5. The normalized spacial score (nSPS) is 22.1. The van der Waals surface area contributed by atoms with Crippen molar-refractivity contribution in [2.24, 2.45) is 5.92 Å². The molecule has 1 fully saturated rings. The first-order valence-corrected chi connectivity index (χ1v) is 8.84. The third-order valence-electron chi connectivity index (χ3n) is 5.47. The van der Waals surface area contributed by atoms with Gasteiger partial charge in [0.05, 0.1) is 11.3 Å². The van der Waals surface area contributed by atoms with Crippen LogP contribution in [0.3, 0.4) is 0 Å². The lowest BCUT2D eigenvalue weighted by atomic mass is 9.82. The van der Waals surface area contributed by atoms with E-state index < -0.39 is 11.7 Å². The summed E-state index contributed by atoms with van der Waals surface area (Å²) in [4.78, 5) is 2.27. The number of nitrogens with zero attached hydrogens (tertiary/aromatic N) is 1. The lowest BCUT2D eigenvalue weighted by Gasteiger charge is -2.37. The number of alkyl halides is 3. The summed E-state index contributed by atoms with van der Waals surface area (Å²) in [5, 5.41) is 6.45. The summed E-state index contributed by atoms with van der Waals surface area (Å²) >= 11 is 0. The van der Waals surface area contributed by atoms with E-state index >= 15 is 0 Å². The fourth-order valence-corrected chi connectivity index (χ4v) is 4.41. The van der Waals surface area contributed by atoms with Crippen LogP contribution >= 0.6 is 0 Å². The van der Waals surface area contributed by atoms with Crippen LogP contribution in [0.2, 0.25) is 0 Å². The molecule has 3 nitrogen and oxygen atoms in total. The predicted octanol–water partition coefficient (Wildman–Crippen LogP) is 4.51. The molecular formula is C20H22F3N3. The summed E-state index contributed by atoms with van der Waals surface area (Å²) in [5.41, 5.74) is 3.67. The molecule has 2 heterocycles. The Morgan fingerprint density at radius 2 is 1.92 bits per heavy atom. The van der Waals surface area contributed by atoms with Crippen molar-refractivity contribution in [1.29, 1.82) is 0 Å². The van der Waals surface area contributed by atoms with Gasteiger partial charge < -0.3 is 15.5 Å². The van der Waals surface area contributed by atoms with Gasteiger partial charge in [-0.1, -0.05) is 12.1 Å². The number of fused-ring (bicyclic) bond motifs is 3. The monoisotopic (exact) mass is 361 g/mol. The van der Waals surface area contributed by atoms with Gasteiger partial charge in [0.15, 0.2) is 0 Å². The maximum Gasteiger partial charge on any atom is 0.418 e. The number of nitrogens with one attached hydrogen (secondary N) is 2. The van der Waals surface area contributed by atoms with Crippen LogP contribution < -0.4 is 15.5 Å². The first-order valence-electron chi connectivity index (χ1n) is 8.84. The van der Waals surface area contributed by atoms with E-state index in [0.717, 1.165) is 31.3 Å². The molecule has 2 aliphatic rings. The van der Waals surface area contributed by atoms with Crippen molar-refractivity contribution < 1.29 is 13.2 Å². The summed E-state index contributed by atoms with van der Waals surface area (Å²) in [5.74, 6) is 0.962. The fraction of sp³-hybridized carbons (Fsp3) is 0.400. The molecule has 0 spiro atoms. The second-order valence-corrected chi connectivity index (χ2v) is 7.30. The second-order valence-electron chi connectivity index (χ2n) is 7.30. The van der Waals surface area contributed by atoms with Crippen LogP contribution in [0, 0.1) is 12.8 Å². The van der Waals surface area contributed by atoms with E-state index in [2.05, 4.69) is 22.6 Å². The Bertz CT molecular complexity index is 832. The number of hydrogen-bond donors (Lipinski definition) is 2. The molecular weight excluding hydrogens is 339 g/mol. The molecule has 0 aliphatic carbocycles. The van der Waals surface area contributed by atoms with Gasteiger partial charge in [0, 0.05) is 44.0 Å². The van der Waals surface area contributed by atoms with Crippen LogP contribution in [0.4, 0.5) is 30.2 Å². The van der Waals surface area contributed by atoms with E-state index in [0.29, 0.717) is 17.5 Å². The van der Waals surface area contributed by atoms with Crippen molar-refractivity contribution in [3.63, 3.8) is 0 Å². The highest BCUT2D eigenvalue weighted by Crippen LogP contribution is 2.44. The van der Waals surface area contributed by atoms with Crippen molar-refractivity contribution in [2.45, 2.75) is 19.0 Å². The third-order valence-corrected chi connectivity index (χ3v) is 5.47. The molecule has 2 aromatic carbocycles. The zero-order valence-electron chi connectivity index (χ0n) is 14.8. The van der Waals surface area contributed by atoms with E-state index in [1.807, 2.05) is 19.1 Å². The average Bonchev–Trinajstić information content (AvgIpc) is 3.02. The Morgan fingerprint density at radius 1 is 1.15 bits per heavy atom. The Balaban J connectivity index is 1.74. The molecule has 0 bridgehead atoms. The van der Waals surface area contributed by atoms with Gasteiger partial charge in [0.25, 0.3) is 0 Å². The molecule has 0 amide bonds. The molecule has 2 N–H and O–H groups in total. The first-order chi connectivity index (χ1) is 12.3. The summed E-state index contributed by atoms with van der Waals surface area (Å²) in [7, 11) is 2.09. The van der Waals surface area contributed by atoms with Gasteiger partial charge in [0.1, 0.15) is 0 Å². The van der Waals surface area contributed by atoms with Gasteiger partial charge in [-0.25, -0.2) is 0 Å². The van der Waals surface area contributed by atoms with Gasteiger partial charge in [0.2, 0.25) is 0 Å². The van der Waals surface area contributed by atoms with Gasteiger partial charge >= 0.3 is 6.18 Å². The second kappa shape index (κ2) is 6.20. The van der Waals surface area contributed by atoms with Crippen LogP contribution in [-0.4, -0.2) is 26.7 Å². The number of halogens is 3. The molecule has 6 heteroatoms. The van der Waals surface area contributed by atoms with E-state index in [-0.39, 0.29) is 5.69 Å². The van der Waals surface area contributed by atoms with Crippen molar-refractivity contribution in [1.82, 2.24) is 5.32 Å². The average molecular weight is 361 g/mol. The third kappa shape index (κ3) is 2.92. The van der Waals surface area contributed by atoms with Crippen molar-refractivity contribution in [3.05, 3.63) is 53.1 Å². The lowest BCUT2D eigenvalue weighted by molar-refractivity contribution is -0.136. The Labute approximate surface area is 151 Å². The molecule has 2 unspecified atom stereocenters. The quantitative estimate of drug-likeness (QED) is 0.824. The SMILES string of the molecule is Cc1cc(Nc2ccccc2C(F)(F)F)cc2c1N(C)CC1CNCC21. The first kappa shape index (κ1) is 17.2. The predicted molar refractivity (Wildman–Crippen MR) is 98.3 cm³/mol. The van der Waals surface area contributed by atoms with Gasteiger partial charge in [-0.15, -0.1) is 0 Å². The van der Waals surface area contributed by atoms with Gasteiger partial charge in [-0.05, 0) is 48.2 Å². The highest BCUT2D eigenvalue weighted by molar-refractivity contribution is 5.72. The fourth-order valence-electron chi connectivity index (χ4n) is 4.41. The number of rotatable bonds is 2. The molecule has 0 saturated carbocycles. The molecule has 2 aromatic rings. The number of para-hydroxylation sites is 1. The van der Waals surface area contributed by atoms with Crippen LogP contribution in [0.15, 0.2) is 36.4 Å². The molecule has 26 heavy (non-hydrogen) atoms. The standard InChI is InChI=1S/C20H22F3N3/c1-12-7-14(25-18-6-4-3-5-17(18)20(21,22)23)8-15-16-10-24-9-13(16)11-26(2)19(12)15/h3-8,13,16,24-25H,9-11H2,1-2H3. The lowest BCUT2D eigenvalue weighted by Crippen LogP contribution is -2.35. The van der Waals surface area contributed by atoms with Crippen molar-refractivity contribution in [2.75, 3.05) is 36.9 Å². The molecule has 0 radical (unpaired) electrons. The highest BCUT2D eigenvalue weighted by atomic mass is 19.4. The van der Waals surface area contributed by atoms with Crippen LogP contribution in [0.5, 0.6) is 0 Å². The summed E-state index contributed by atoms with van der Waals surface area (Å²) in [6, 6.07) is 9.58. The molecule has 4 rings (SSSR count). The van der Waals surface area contributed by atoms with Crippen LogP contribution in [0.25, 0.3) is 0 Å². The largest absolute Gasteiger partial charge is 0.418 e. The molecule has 2 aliphatic heterocycles. The van der Waals surface area contributed by atoms with E-state index in [1.165, 1.54) is 23.4 Å². The molecule has 1 saturated heterocycles. The smallest absolute Gasteiger partial charge is 0.374 e. The van der Waals surface area contributed by atoms with Gasteiger partial charge in [-0.3, -0.25) is 0 Å². The topological polar surface area (TPSA) is 27.3 Å². The number of hydrogen-bond acceptors (Lipinski definition) is 3. The minimum absolute atomic E-state index is 0.0876. The van der Waals surface area contributed by atoms with Crippen LogP contribution in [-0.2, 0) is 6.18 Å². The molecule has 0 aromatic heterocycles. The van der Waals surface area contributed by atoms with E-state index in [4.69, 9.17) is 0 Å².